The summed E-state index contributed by atoms with van der Waals surface area (Å²) in [5.74, 6) is -1.23. The van der Waals surface area contributed by atoms with Gasteiger partial charge in [0.2, 0.25) is 5.70 Å². The number of alkyl halides is 3. The molecule has 1 unspecified atom stereocenters. The summed E-state index contributed by atoms with van der Waals surface area (Å²) in [5, 5.41) is 11.0. The molecule has 2 N–H and O–H groups in total. The summed E-state index contributed by atoms with van der Waals surface area (Å²) in [5.41, 5.74) is 3.35. The van der Waals surface area contributed by atoms with Crippen LogP contribution in [0.1, 0.15) is 28.3 Å². The number of nitrogens with one attached hydrogen (secondary N) is 2. The largest absolute Gasteiger partial charge is 0.456 e. The maximum atomic E-state index is 13.0. The number of fused-ring (bicyclic) bond motifs is 1. The SMILES string of the molecule is [C-]#[N+]C1=C(c2ccc(C(F)(F)F)cc2)NC2=C(C(=O)OC2)C1c1ccc2[nH]nc(C)c2c1. The van der Waals surface area contributed by atoms with Crippen molar-refractivity contribution in [3.05, 3.63) is 93.2 Å². The lowest BCUT2D eigenvalue weighted by Crippen LogP contribution is -2.25. The number of dihydropyridines is 1. The van der Waals surface area contributed by atoms with Crippen LogP contribution in [0, 0.1) is 13.5 Å². The van der Waals surface area contributed by atoms with Gasteiger partial charge < -0.3 is 10.1 Å². The number of ether oxygens (including phenoxy) is 1. The Morgan fingerprint density at radius 3 is 2.62 bits per heavy atom. The Bertz CT molecular complexity index is 1370. The first-order valence-electron chi connectivity index (χ1n) is 9.69. The number of nitrogens with zero attached hydrogens (tertiary/aromatic N) is 2. The first kappa shape index (κ1) is 19.9. The molecule has 0 radical (unpaired) electrons. The van der Waals surface area contributed by atoms with E-state index < -0.39 is 23.6 Å². The number of aromatic amines is 1. The maximum Gasteiger partial charge on any atom is 0.416 e. The molecule has 32 heavy (non-hydrogen) atoms. The number of rotatable bonds is 2. The van der Waals surface area contributed by atoms with Crippen LogP contribution in [0.2, 0.25) is 0 Å². The maximum absolute atomic E-state index is 13.0. The minimum atomic E-state index is -4.46. The summed E-state index contributed by atoms with van der Waals surface area (Å²) in [6.07, 6.45) is -4.46. The van der Waals surface area contributed by atoms with Crippen molar-refractivity contribution in [3.63, 3.8) is 0 Å². The molecule has 1 atom stereocenters. The number of cyclic esters (lactones) is 1. The van der Waals surface area contributed by atoms with Gasteiger partial charge in [-0.05, 0) is 42.3 Å². The van der Waals surface area contributed by atoms with Gasteiger partial charge in [0.25, 0.3) is 0 Å². The molecule has 9 heteroatoms. The number of aryl methyl sites for hydroxylation is 1. The Labute approximate surface area is 180 Å². The van der Waals surface area contributed by atoms with Gasteiger partial charge in [0, 0.05) is 11.1 Å². The number of hydrogen-bond acceptors (Lipinski definition) is 4. The molecule has 0 saturated carbocycles. The predicted octanol–water partition coefficient (Wildman–Crippen LogP) is 4.68. The van der Waals surface area contributed by atoms with Gasteiger partial charge in [-0.25, -0.2) is 9.64 Å². The van der Waals surface area contributed by atoms with Gasteiger partial charge in [0.05, 0.1) is 40.5 Å². The molecule has 0 fully saturated rings. The molecule has 5 rings (SSSR count). The lowest BCUT2D eigenvalue weighted by Gasteiger charge is -2.27. The van der Waals surface area contributed by atoms with Crippen molar-refractivity contribution in [1.82, 2.24) is 15.5 Å². The smallest absolute Gasteiger partial charge is 0.416 e. The fraction of sp³-hybridized carbons (Fsp3) is 0.174. The molecular weight excluding hydrogens is 421 g/mol. The average Bonchev–Trinajstić information content (AvgIpc) is 3.34. The Kier molecular flexibility index (Phi) is 4.34. The van der Waals surface area contributed by atoms with Gasteiger partial charge in [0.1, 0.15) is 6.61 Å². The number of benzene rings is 2. The van der Waals surface area contributed by atoms with Gasteiger partial charge >= 0.3 is 12.1 Å². The molecule has 0 aliphatic carbocycles. The van der Waals surface area contributed by atoms with Crippen LogP contribution in [0.3, 0.4) is 0 Å². The molecule has 2 aromatic carbocycles. The highest BCUT2D eigenvalue weighted by Crippen LogP contribution is 2.44. The van der Waals surface area contributed by atoms with Crippen LogP contribution in [0.25, 0.3) is 21.4 Å². The van der Waals surface area contributed by atoms with E-state index in [9.17, 15) is 18.0 Å². The molecule has 1 aromatic heterocycles. The minimum Gasteiger partial charge on any atom is -0.456 e. The zero-order valence-electron chi connectivity index (χ0n) is 16.7. The molecule has 160 valence electrons. The zero-order chi connectivity index (χ0) is 22.6. The first-order chi connectivity index (χ1) is 15.3. The topological polar surface area (TPSA) is 71.4 Å². The predicted molar refractivity (Wildman–Crippen MR) is 110 cm³/mol. The van der Waals surface area contributed by atoms with Crippen LogP contribution in [0.15, 0.2) is 59.4 Å². The van der Waals surface area contributed by atoms with Crippen LogP contribution in [0.5, 0.6) is 0 Å². The second kappa shape index (κ2) is 6.99. The van der Waals surface area contributed by atoms with Crippen molar-refractivity contribution in [1.29, 1.82) is 0 Å². The van der Waals surface area contributed by atoms with Gasteiger partial charge in [0.15, 0.2) is 0 Å². The van der Waals surface area contributed by atoms with E-state index in [-0.39, 0.29) is 12.3 Å². The average molecular weight is 436 g/mol. The molecule has 0 bridgehead atoms. The van der Waals surface area contributed by atoms with E-state index in [4.69, 9.17) is 11.3 Å². The van der Waals surface area contributed by atoms with Gasteiger partial charge in [-0.2, -0.15) is 18.3 Å². The summed E-state index contributed by atoms with van der Waals surface area (Å²) in [6, 6.07) is 10.1. The van der Waals surface area contributed by atoms with Crippen molar-refractivity contribution >= 4 is 22.6 Å². The lowest BCUT2D eigenvalue weighted by atomic mass is 9.83. The molecule has 0 amide bonds. The first-order valence-corrected chi connectivity index (χ1v) is 9.69. The molecule has 3 heterocycles. The quantitative estimate of drug-likeness (QED) is 0.452. The Balaban J connectivity index is 1.69. The third kappa shape index (κ3) is 3.03. The fourth-order valence-electron chi connectivity index (χ4n) is 4.14. The minimum absolute atomic E-state index is 0.00701. The third-order valence-electron chi connectivity index (χ3n) is 5.72. The van der Waals surface area contributed by atoms with Crippen molar-refractivity contribution < 1.29 is 22.7 Å². The highest BCUT2D eigenvalue weighted by Gasteiger charge is 2.41. The molecule has 0 spiro atoms. The summed E-state index contributed by atoms with van der Waals surface area (Å²) >= 11 is 0. The standard InChI is InChI=1S/C23H15F3N4O2/c1-11-15-9-13(5-8-16(15)30-29-11)18-19-17(10-32-22(19)31)28-20(21(18)27-2)12-3-6-14(7-4-12)23(24,25)26/h3-9,18,28H,10H2,1H3,(H,29,30). The molecule has 2 aliphatic rings. The van der Waals surface area contributed by atoms with Crippen molar-refractivity contribution in [2.45, 2.75) is 19.0 Å². The number of aromatic nitrogens is 2. The highest BCUT2D eigenvalue weighted by molar-refractivity contribution is 5.97. The number of carbonyl (C=O) groups excluding carboxylic acids is 1. The second-order valence-electron chi connectivity index (χ2n) is 7.59. The summed E-state index contributed by atoms with van der Waals surface area (Å²) in [4.78, 5) is 16.2. The highest BCUT2D eigenvalue weighted by atomic mass is 19.4. The summed E-state index contributed by atoms with van der Waals surface area (Å²) < 4.78 is 44.2. The van der Waals surface area contributed by atoms with Gasteiger partial charge in [-0.1, -0.05) is 18.2 Å². The lowest BCUT2D eigenvalue weighted by molar-refractivity contribution is -0.138. The Morgan fingerprint density at radius 1 is 1.19 bits per heavy atom. The number of carbonyl (C=O) groups is 1. The van der Waals surface area contributed by atoms with Gasteiger partial charge in [-0.15, -0.1) is 0 Å². The van der Waals surface area contributed by atoms with E-state index in [2.05, 4.69) is 20.4 Å². The number of esters is 1. The fourth-order valence-corrected chi connectivity index (χ4v) is 4.14. The number of hydrogen-bond donors (Lipinski definition) is 2. The van der Waals surface area contributed by atoms with Crippen molar-refractivity contribution in [2.24, 2.45) is 0 Å². The Hall–Kier alpha value is -4.06. The summed E-state index contributed by atoms with van der Waals surface area (Å²) in [7, 11) is 0. The van der Waals surface area contributed by atoms with Crippen molar-refractivity contribution in [3.8, 4) is 0 Å². The van der Waals surface area contributed by atoms with Crippen molar-refractivity contribution in [2.75, 3.05) is 6.61 Å². The molecule has 3 aromatic rings. The zero-order valence-corrected chi connectivity index (χ0v) is 16.7. The van der Waals surface area contributed by atoms with Crippen LogP contribution < -0.4 is 5.32 Å². The van der Waals surface area contributed by atoms with Gasteiger partial charge in [-0.3, -0.25) is 5.10 Å². The number of allylic oxidation sites excluding steroid dienone is 1. The van der Waals surface area contributed by atoms with E-state index in [1.807, 2.05) is 25.1 Å². The molecule has 6 nitrogen and oxygen atoms in total. The molecule has 0 saturated heterocycles. The number of halogens is 3. The van der Waals surface area contributed by atoms with E-state index in [0.717, 1.165) is 28.7 Å². The molecule has 2 aliphatic heterocycles. The van der Waals surface area contributed by atoms with Crippen LogP contribution in [0.4, 0.5) is 13.2 Å². The number of H-pyrrole nitrogens is 1. The van der Waals surface area contributed by atoms with E-state index in [1.54, 1.807) is 0 Å². The van der Waals surface area contributed by atoms with Crippen LogP contribution >= 0.6 is 0 Å². The monoisotopic (exact) mass is 436 g/mol. The third-order valence-corrected chi connectivity index (χ3v) is 5.72. The Morgan fingerprint density at radius 2 is 1.94 bits per heavy atom. The normalized spacial score (nSPS) is 18.5. The van der Waals surface area contributed by atoms with E-state index >= 15 is 0 Å². The van der Waals surface area contributed by atoms with E-state index in [0.29, 0.717) is 28.1 Å². The van der Waals surface area contributed by atoms with Crippen LogP contribution in [-0.2, 0) is 15.7 Å². The molecular formula is C23H15F3N4O2. The van der Waals surface area contributed by atoms with E-state index in [1.165, 1.54) is 12.1 Å². The second-order valence-corrected chi connectivity index (χ2v) is 7.59. The van der Waals surface area contributed by atoms with Crippen LogP contribution in [-0.4, -0.2) is 22.8 Å². The summed E-state index contributed by atoms with van der Waals surface area (Å²) in [6.45, 7) is 9.70.